The Morgan fingerprint density at radius 2 is 2.31 bits per heavy atom. The van der Waals surface area contributed by atoms with Crippen molar-refractivity contribution in [1.82, 2.24) is 4.90 Å². The van der Waals surface area contributed by atoms with Crippen molar-refractivity contribution in [2.75, 3.05) is 6.54 Å². The summed E-state index contributed by atoms with van der Waals surface area (Å²) < 4.78 is 0. The Morgan fingerprint density at radius 1 is 1.46 bits per heavy atom. The lowest BCUT2D eigenvalue weighted by atomic mass is 9.93. The first-order valence-corrected chi connectivity index (χ1v) is 5.58. The molecular formula is C11H19NO. The zero-order valence-corrected chi connectivity index (χ0v) is 8.46. The topological polar surface area (TPSA) is 20.3 Å². The first-order valence-electron chi connectivity index (χ1n) is 5.58. The highest BCUT2D eigenvalue weighted by Gasteiger charge is 2.36. The number of ketones is 1. The summed E-state index contributed by atoms with van der Waals surface area (Å²) in [6.45, 7) is 3.45. The molecule has 2 aliphatic heterocycles. The number of fused-ring (bicyclic) bond motifs is 1. The molecule has 0 aromatic heterocycles. The normalized spacial score (nSPS) is 35.0. The molecule has 2 rings (SSSR count). The number of nitrogens with zero attached hydrogens (tertiary/aromatic N) is 1. The van der Waals surface area contributed by atoms with E-state index < -0.39 is 0 Å². The fourth-order valence-electron chi connectivity index (χ4n) is 2.89. The zero-order chi connectivity index (χ0) is 9.26. The lowest BCUT2D eigenvalue weighted by Crippen LogP contribution is -2.45. The predicted octanol–water partition coefficient (Wildman–Crippen LogP) is 1.98. The van der Waals surface area contributed by atoms with Gasteiger partial charge in [-0.3, -0.25) is 9.69 Å². The molecule has 0 aromatic rings. The Labute approximate surface area is 80.3 Å². The van der Waals surface area contributed by atoms with Gasteiger partial charge in [-0.2, -0.15) is 0 Å². The van der Waals surface area contributed by atoms with Crippen molar-refractivity contribution in [2.45, 2.75) is 57.5 Å². The van der Waals surface area contributed by atoms with Gasteiger partial charge in [0.15, 0.2) is 0 Å². The third-order valence-electron chi connectivity index (χ3n) is 3.44. The average molecular weight is 181 g/mol. The summed E-state index contributed by atoms with van der Waals surface area (Å²) in [5.74, 6) is 0.501. The molecule has 2 fully saturated rings. The summed E-state index contributed by atoms with van der Waals surface area (Å²) in [6.07, 6.45) is 6.64. The highest BCUT2D eigenvalue weighted by Crippen LogP contribution is 2.30. The number of hydrogen-bond acceptors (Lipinski definition) is 2. The zero-order valence-electron chi connectivity index (χ0n) is 8.46. The van der Waals surface area contributed by atoms with Crippen LogP contribution in [0.25, 0.3) is 0 Å². The van der Waals surface area contributed by atoms with Gasteiger partial charge in [0, 0.05) is 24.9 Å². The van der Waals surface area contributed by atoms with Crippen LogP contribution in [0.5, 0.6) is 0 Å². The Hall–Kier alpha value is -0.370. The van der Waals surface area contributed by atoms with E-state index in [-0.39, 0.29) is 0 Å². The monoisotopic (exact) mass is 181 g/mol. The highest BCUT2D eigenvalue weighted by atomic mass is 16.1. The van der Waals surface area contributed by atoms with Crippen LogP contribution in [0.1, 0.15) is 45.4 Å². The molecule has 0 aromatic carbocycles. The van der Waals surface area contributed by atoms with Crippen molar-refractivity contribution in [2.24, 2.45) is 0 Å². The minimum absolute atomic E-state index is 0.501. The standard InChI is InChI=1S/C11H19NO/c1-2-4-9-7-11(13)8-10-5-3-6-12(9)10/h9-10H,2-8H2,1H3/t9-,10-/m1/s1. The van der Waals surface area contributed by atoms with E-state index >= 15 is 0 Å². The maximum atomic E-state index is 11.5. The van der Waals surface area contributed by atoms with E-state index in [0.717, 1.165) is 12.8 Å². The SMILES string of the molecule is CCC[C@@H]1CC(=O)C[C@H]2CCCN12. The van der Waals surface area contributed by atoms with Gasteiger partial charge in [0.25, 0.3) is 0 Å². The molecule has 0 bridgehead atoms. The van der Waals surface area contributed by atoms with Crippen molar-refractivity contribution >= 4 is 5.78 Å². The van der Waals surface area contributed by atoms with Crippen molar-refractivity contribution in [3.8, 4) is 0 Å². The van der Waals surface area contributed by atoms with Gasteiger partial charge in [-0.1, -0.05) is 13.3 Å². The van der Waals surface area contributed by atoms with Gasteiger partial charge < -0.3 is 0 Å². The van der Waals surface area contributed by atoms with E-state index in [9.17, 15) is 4.79 Å². The first kappa shape index (κ1) is 9.20. The van der Waals surface area contributed by atoms with Crippen molar-refractivity contribution < 1.29 is 4.79 Å². The number of rotatable bonds is 2. The number of Topliss-reactive ketones (excluding diaryl/α,β-unsaturated/α-hetero) is 1. The first-order chi connectivity index (χ1) is 6.31. The van der Waals surface area contributed by atoms with Gasteiger partial charge >= 0.3 is 0 Å². The summed E-state index contributed by atoms with van der Waals surface area (Å²) in [6, 6.07) is 1.19. The Bertz CT molecular complexity index is 202. The van der Waals surface area contributed by atoms with Gasteiger partial charge in [0.2, 0.25) is 0 Å². The van der Waals surface area contributed by atoms with E-state index in [0.29, 0.717) is 17.9 Å². The summed E-state index contributed by atoms with van der Waals surface area (Å²) >= 11 is 0. The minimum atomic E-state index is 0.501. The average Bonchev–Trinajstić information content (AvgIpc) is 2.52. The third kappa shape index (κ3) is 1.78. The van der Waals surface area contributed by atoms with Crippen LogP contribution in [-0.2, 0) is 4.79 Å². The summed E-state index contributed by atoms with van der Waals surface area (Å²) in [5, 5.41) is 0. The molecule has 0 radical (unpaired) electrons. The van der Waals surface area contributed by atoms with E-state index in [1.165, 1.54) is 32.2 Å². The number of hydrogen-bond donors (Lipinski definition) is 0. The molecule has 2 atom stereocenters. The molecule has 0 aliphatic carbocycles. The van der Waals surface area contributed by atoms with Crippen molar-refractivity contribution in [1.29, 1.82) is 0 Å². The lowest BCUT2D eigenvalue weighted by Gasteiger charge is -2.36. The molecule has 0 spiro atoms. The second kappa shape index (κ2) is 3.79. The second-order valence-electron chi connectivity index (χ2n) is 4.42. The van der Waals surface area contributed by atoms with Gasteiger partial charge in [-0.25, -0.2) is 0 Å². The van der Waals surface area contributed by atoms with Crippen LogP contribution in [0.4, 0.5) is 0 Å². The van der Waals surface area contributed by atoms with Gasteiger partial charge in [-0.05, 0) is 25.8 Å². The summed E-state index contributed by atoms with van der Waals surface area (Å²) in [7, 11) is 0. The van der Waals surface area contributed by atoms with Crippen molar-refractivity contribution in [3.05, 3.63) is 0 Å². The molecule has 2 aliphatic rings. The largest absolute Gasteiger partial charge is 0.300 e. The second-order valence-corrected chi connectivity index (χ2v) is 4.42. The fraction of sp³-hybridized carbons (Fsp3) is 0.909. The number of carbonyl (C=O) groups is 1. The Kier molecular flexibility index (Phi) is 2.68. The lowest BCUT2D eigenvalue weighted by molar-refractivity contribution is -0.124. The molecule has 2 heteroatoms. The van der Waals surface area contributed by atoms with Crippen molar-refractivity contribution in [3.63, 3.8) is 0 Å². The van der Waals surface area contributed by atoms with Crippen LogP contribution in [-0.4, -0.2) is 29.3 Å². The van der Waals surface area contributed by atoms with E-state index in [1.807, 2.05) is 0 Å². The van der Waals surface area contributed by atoms with Crippen LogP contribution in [0.15, 0.2) is 0 Å². The summed E-state index contributed by atoms with van der Waals surface area (Å²) in [5.41, 5.74) is 0. The van der Waals surface area contributed by atoms with E-state index in [4.69, 9.17) is 0 Å². The summed E-state index contributed by atoms with van der Waals surface area (Å²) in [4.78, 5) is 14.1. The maximum absolute atomic E-state index is 11.5. The van der Waals surface area contributed by atoms with Crippen LogP contribution < -0.4 is 0 Å². The Morgan fingerprint density at radius 3 is 3.08 bits per heavy atom. The van der Waals surface area contributed by atoms with Gasteiger partial charge in [-0.15, -0.1) is 0 Å². The van der Waals surface area contributed by atoms with Crippen LogP contribution in [0, 0.1) is 0 Å². The van der Waals surface area contributed by atoms with Gasteiger partial charge in [0.05, 0.1) is 0 Å². The van der Waals surface area contributed by atoms with Crippen LogP contribution in [0.2, 0.25) is 0 Å². The fourth-order valence-corrected chi connectivity index (χ4v) is 2.89. The van der Waals surface area contributed by atoms with E-state index in [1.54, 1.807) is 0 Å². The number of piperidine rings is 1. The van der Waals surface area contributed by atoms with Crippen LogP contribution in [0.3, 0.4) is 0 Å². The Balaban J connectivity index is 2.03. The van der Waals surface area contributed by atoms with Crippen LogP contribution >= 0.6 is 0 Å². The molecule has 13 heavy (non-hydrogen) atoms. The predicted molar refractivity (Wildman–Crippen MR) is 52.7 cm³/mol. The third-order valence-corrected chi connectivity index (χ3v) is 3.44. The minimum Gasteiger partial charge on any atom is -0.300 e. The molecule has 0 unspecified atom stereocenters. The molecule has 0 saturated carbocycles. The molecule has 2 heterocycles. The van der Waals surface area contributed by atoms with E-state index in [2.05, 4.69) is 11.8 Å². The quantitative estimate of drug-likeness (QED) is 0.649. The van der Waals surface area contributed by atoms with Gasteiger partial charge in [0.1, 0.15) is 5.78 Å². The molecule has 0 amide bonds. The molecule has 74 valence electrons. The molecule has 2 saturated heterocycles. The highest BCUT2D eigenvalue weighted by molar-refractivity contribution is 5.80. The maximum Gasteiger partial charge on any atom is 0.136 e. The molecule has 2 nitrogen and oxygen atoms in total. The molecule has 0 N–H and O–H groups in total. The smallest absolute Gasteiger partial charge is 0.136 e. The molecular weight excluding hydrogens is 162 g/mol. The number of carbonyl (C=O) groups excluding carboxylic acids is 1.